The molecule has 0 atom stereocenters. The second kappa shape index (κ2) is 14.7. The van der Waals surface area contributed by atoms with E-state index in [9.17, 15) is 0 Å². The number of para-hydroxylation sites is 3. The van der Waals surface area contributed by atoms with Crippen molar-refractivity contribution in [3.05, 3.63) is 224 Å². The minimum atomic E-state index is 0.606. The lowest BCUT2D eigenvalue weighted by Gasteiger charge is -2.15. The fraction of sp³-hybridized carbons (Fsp3) is 0. The highest BCUT2D eigenvalue weighted by molar-refractivity contribution is 6.16. The van der Waals surface area contributed by atoms with Crippen molar-refractivity contribution in [2.24, 2.45) is 0 Å². The van der Waals surface area contributed by atoms with Gasteiger partial charge in [-0.25, -0.2) is 15.0 Å². The van der Waals surface area contributed by atoms with Crippen LogP contribution in [0.25, 0.3) is 111 Å². The second-order valence-corrected chi connectivity index (χ2v) is 15.6. The van der Waals surface area contributed by atoms with Crippen molar-refractivity contribution >= 4 is 43.6 Å². The van der Waals surface area contributed by atoms with Crippen LogP contribution in [0.3, 0.4) is 0 Å². The summed E-state index contributed by atoms with van der Waals surface area (Å²) in [6.07, 6.45) is 0. The minimum absolute atomic E-state index is 0.606. The van der Waals surface area contributed by atoms with Crippen LogP contribution in [0.1, 0.15) is 0 Å². The van der Waals surface area contributed by atoms with E-state index in [1.807, 2.05) is 24.3 Å². The molecule has 0 radical (unpaired) electrons. The van der Waals surface area contributed by atoms with Crippen molar-refractivity contribution in [3.63, 3.8) is 0 Å². The van der Waals surface area contributed by atoms with Crippen molar-refractivity contribution in [1.29, 1.82) is 0 Å². The molecule has 290 valence electrons. The van der Waals surface area contributed by atoms with Crippen LogP contribution < -0.4 is 0 Å². The molecule has 5 nitrogen and oxygen atoms in total. The van der Waals surface area contributed by atoms with E-state index in [-0.39, 0.29) is 0 Å². The molecule has 0 amide bonds. The molecule has 5 heteroatoms. The molecular formula is C57H37N5. The second-order valence-electron chi connectivity index (χ2n) is 15.6. The van der Waals surface area contributed by atoms with Crippen molar-refractivity contribution in [1.82, 2.24) is 24.1 Å². The van der Waals surface area contributed by atoms with Gasteiger partial charge in [0.25, 0.3) is 0 Å². The first-order valence-corrected chi connectivity index (χ1v) is 21.0. The molecule has 62 heavy (non-hydrogen) atoms. The van der Waals surface area contributed by atoms with E-state index in [2.05, 4.69) is 209 Å². The van der Waals surface area contributed by atoms with E-state index in [4.69, 9.17) is 15.0 Å². The summed E-state index contributed by atoms with van der Waals surface area (Å²) in [6.45, 7) is 0. The van der Waals surface area contributed by atoms with Crippen molar-refractivity contribution < 1.29 is 0 Å². The van der Waals surface area contributed by atoms with E-state index in [0.717, 1.165) is 55.7 Å². The van der Waals surface area contributed by atoms with E-state index in [1.165, 1.54) is 38.2 Å². The van der Waals surface area contributed by atoms with Gasteiger partial charge < -0.3 is 9.13 Å². The standard InChI is InChI=1S/C57H37N5/c1-4-17-38(18-5-1)39-31-33-42(34-32-39)56-58-55(41-21-8-3-9-22-41)59-57(60-56)48-25-12-15-29-51(48)62-49-27-13-10-23-45(49)46-36-35-43(37-53(46)62)61-50-28-14-11-24-47(50)54-44(26-16-30-52(54)61)40-19-6-2-7-20-40/h1-37H. The summed E-state index contributed by atoms with van der Waals surface area (Å²) in [4.78, 5) is 15.5. The van der Waals surface area contributed by atoms with Gasteiger partial charge in [0.15, 0.2) is 17.5 Å². The van der Waals surface area contributed by atoms with Crippen LogP contribution in [0.15, 0.2) is 224 Å². The predicted molar refractivity (Wildman–Crippen MR) is 256 cm³/mol. The van der Waals surface area contributed by atoms with Gasteiger partial charge in [0, 0.05) is 43.9 Å². The van der Waals surface area contributed by atoms with E-state index in [0.29, 0.717) is 17.5 Å². The van der Waals surface area contributed by atoms with Crippen molar-refractivity contribution in [2.45, 2.75) is 0 Å². The molecule has 0 N–H and O–H groups in total. The lowest BCUT2D eigenvalue weighted by molar-refractivity contribution is 1.06. The Morgan fingerprint density at radius 3 is 1.48 bits per heavy atom. The summed E-state index contributed by atoms with van der Waals surface area (Å²) in [5.41, 5.74) is 14.1. The number of hydrogen-bond donors (Lipinski definition) is 0. The van der Waals surface area contributed by atoms with Gasteiger partial charge in [-0.2, -0.15) is 0 Å². The molecule has 0 unspecified atom stereocenters. The third-order valence-corrected chi connectivity index (χ3v) is 12.0. The molecule has 0 fully saturated rings. The smallest absolute Gasteiger partial charge is 0.166 e. The van der Waals surface area contributed by atoms with Gasteiger partial charge in [0.05, 0.1) is 27.8 Å². The average Bonchev–Trinajstić information content (AvgIpc) is 3.87. The SMILES string of the molecule is c1ccc(-c2ccc(-c3nc(-c4ccccc4)nc(-c4ccccc4-n4c5ccccc5c5ccc(-n6c7ccccc7c7c(-c8ccccc8)cccc76)cc54)n3)cc2)cc1. The zero-order valence-electron chi connectivity index (χ0n) is 33.6. The van der Waals surface area contributed by atoms with E-state index < -0.39 is 0 Å². The molecule has 0 spiro atoms. The van der Waals surface area contributed by atoms with Crippen LogP contribution in [-0.4, -0.2) is 24.1 Å². The summed E-state index contributed by atoms with van der Waals surface area (Å²) in [5.74, 6) is 1.85. The van der Waals surface area contributed by atoms with Gasteiger partial charge in [0.2, 0.25) is 0 Å². The Bertz CT molecular complexity index is 3610. The normalized spacial score (nSPS) is 11.5. The molecular weight excluding hydrogens is 755 g/mol. The first-order valence-electron chi connectivity index (χ1n) is 21.0. The first-order chi connectivity index (χ1) is 30.8. The first kappa shape index (κ1) is 35.5. The Hall–Kier alpha value is -8.41. The highest BCUT2D eigenvalue weighted by atomic mass is 15.1. The third-order valence-electron chi connectivity index (χ3n) is 12.0. The number of fused-ring (bicyclic) bond motifs is 6. The number of aromatic nitrogens is 5. The molecule has 0 saturated carbocycles. The Kier molecular flexibility index (Phi) is 8.42. The molecule has 3 heterocycles. The van der Waals surface area contributed by atoms with Crippen LogP contribution in [-0.2, 0) is 0 Å². The predicted octanol–water partition coefficient (Wildman–Crippen LogP) is 14.4. The summed E-state index contributed by atoms with van der Waals surface area (Å²) in [5, 5.41) is 4.82. The molecule has 12 rings (SSSR count). The maximum atomic E-state index is 5.25. The zero-order valence-corrected chi connectivity index (χ0v) is 33.6. The zero-order chi connectivity index (χ0) is 41.0. The molecule has 0 saturated heterocycles. The van der Waals surface area contributed by atoms with Crippen molar-refractivity contribution in [2.75, 3.05) is 0 Å². The van der Waals surface area contributed by atoms with Crippen molar-refractivity contribution in [3.8, 4) is 67.8 Å². The van der Waals surface area contributed by atoms with Crippen LogP contribution in [0, 0.1) is 0 Å². The molecule has 0 aliphatic rings. The molecule has 0 aliphatic heterocycles. The van der Waals surface area contributed by atoms with E-state index in [1.54, 1.807) is 0 Å². The maximum absolute atomic E-state index is 5.25. The monoisotopic (exact) mass is 791 g/mol. The minimum Gasteiger partial charge on any atom is -0.309 e. The quantitative estimate of drug-likeness (QED) is 0.162. The van der Waals surface area contributed by atoms with Gasteiger partial charge in [-0.15, -0.1) is 0 Å². The van der Waals surface area contributed by atoms with Gasteiger partial charge >= 0.3 is 0 Å². The Morgan fingerprint density at radius 1 is 0.274 bits per heavy atom. The molecule has 3 aromatic heterocycles. The average molecular weight is 792 g/mol. The van der Waals surface area contributed by atoms with E-state index >= 15 is 0 Å². The van der Waals surface area contributed by atoms with Gasteiger partial charge in [-0.1, -0.05) is 182 Å². The van der Waals surface area contributed by atoms with Gasteiger partial charge in [-0.3, -0.25) is 0 Å². The van der Waals surface area contributed by atoms with Crippen LogP contribution >= 0.6 is 0 Å². The van der Waals surface area contributed by atoms with Gasteiger partial charge in [-0.05, 0) is 64.7 Å². The largest absolute Gasteiger partial charge is 0.309 e. The summed E-state index contributed by atoms with van der Waals surface area (Å²) < 4.78 is 4.80. The Labute approximate surface area is 358 Å². The van der Waals surface area contributed by atoms with Crippen LogP contribution in [0.4, 0.5) is 0 Å². The summed E-state index contributed by atoms with van der Waals surface area (Å²) in [7, 11) is 0. The topological polar surface area (TPSA) is 48.5 Å². The van der Waals surface area contributed by atoms with Gasteiger partial charge in [0.1, 0.15) is 0 Å². The highest BCUT2D eigenvalue weighted by Gasteiger charge is 2.21. The number of benzene rings is 9. The fourth-order valence-corrected chi connectivity index (χ4v) is 9.16. The lowest BCUT2D eigenvalue weighted by atomic mass is 9.99. The molecule has 9 aromatic carbocycles. The highest BCUT2D eigenvalue weighted by Crippen LogP contribution is 2.41. The third kappa shape index (κ3) is 5.90. The number of nitrogens with zero attached hydrogens (tertiary/aromatic N) is 5. The number of rotatable bonds is 7. The number of hydrogen-bond acceptors (Lipinski definition) is 3. The Balaban J connectivity index is 1.07. The molecule has 12 aromatic rings. The van der Waals surface area contributed by atoms with Crippen LogP contribution in [0.5, 0.6) is 0 Å². The molecule has 0 bridgehead atoms. The molecule has 0 aliphatic carbocycles. The van der Waals surface area contributed by atoms with Crippen LogP contribution in [0.2, 0.25) is 0 Å². The maximum Gasteiger partial charge on any atom is 0.166 e. The summed E-state index contributed by atoms with van der Waals surface area (Å²) >= 11 is 0. The fourth-order valence-electron chi connectivity index (χ4n) is 9.16. The Morgan fingerprint density at radius 2 is 0.758 bits per heavy atom. The lowest BCUT2D eigenvalue weighted by Crippen LogP contribution is -2.04. The summed E-state index contributed by atoms with van der Waals surface area (Å²) in [6, 6.07) is 79.2.